The van der Waals surface area contributed by atoms with Crippen LogP contribution in [0.15, 0.2) is 27.6 Å². The second kappa shape index (κ2) is 8.17. The quantitative estimate of drug-likeness (QED) is 0.587. The zero-order valence-corrected chi connectivity index (χ0v) is 13.1. The Kier molecular flexibility index (Phi) is 7.24. The molecule has 17 heavy (non-hydrogen) atoms. The first-order valence-corrected chi connectivity index (χ1v) is 8.08. The first-order chi connectivity index (χ1) is 8.13. The number of rotatable bonds is 7. The van der Waals surface area contributed by atoms with Gasteiger partial charge in [0.25, 0.3) is 0 Å². The summed E-state index contributed by atoms with van der Waals surface area (Å²) >= 11 is 5.57. The number of thioether (sulfide) groups is 1. The predicted octanol–water partition coefficient (Wildman–Crippen LogP) is 4.62. The molecule has 96 valence electrons. The zero-order chi connectivity index (χ0) is 12.7. The van der Waals surface area contributed by atoms with E-state index in [9.17, 15) is 0 Å². The molecular weight excluding hydrogens is 294 g/mol. The number of halogens is 1. The van der Waals surface area contributed by atoms with Crippen LogP contribution in [0.4, 0.5) is 0 Å². The summed E-state index contributed by atoms with van der Waals surface area (Å²) in [4.78, 5) is 1.35. The van der Waals surface area contributed by atoms with Crippen molar-refractivity contribution in [2.24, 2.45) is 5.73 Å². The normalized spacial score (nSPS) is 12.7. The zero-order valence-electron chi connectivity index (χ0n) is 10.7. The number of hydrogen-bond acceptors (Lipinski definition) is 2. The van der Waals surface area contributed by atoms with Crippen LogP contribution in [-0.2, 0) is 6.42 Å². The van der Waals surface area contributed by atoms with Gasteiger partial charge in [0.15, 0.2) is 0 Å². The Morgan fingerprint density at radius 1 is 1.35 bits per heavy atom. The Hall–Kier alpha value is 0.01000. The third kappa shape index (κ3) is 5.94. The summed E-state index contributed by atoms with van der Waals surface area (Å²) in [5.74, 6) is 1.22. The lowest BCUT2D eigenvalue weighted by Gasteiger charge is -2.09. The molecule has 1 atom stereocenters. The van der Waals surface area contributed by atoms with Gasteiger partial charge < -0.3 is 5.73 Å². The lowest BCUT2D eigenvalue weighted by atomic mass is 10.1. The van der Waals surface area contributed by atoms with Crippen molar-refractivity contribution in [1.82, 2.24) is 0 Å². The molecule has 1 rings (SSSR count). The summed E-state index contributed by atoms with van der Waals surface area (Å²) in [6, 6.07) is 6.83. The maximum Gasteiger partial charge on any atom is 0.0219 e. The van der Waals surface area contributed by atoms with Crippen molar-refractivity contribution in [3.05, 3.63) is 28.2 Å². The van der Waals surface area contributed by atoms with E-state index in [1.165, 1.54) is 39.9 Å². The third-order valence-electron chi connectivity index (χ3n) is 2.58. The molecule has 0 amide bonds. The van der Waals surface area contributed by atoms with Crippen molar-refractivity contribution >= 4 is 27.7 Å². The van der Waals surface area contributed by atoms with Gasteiger partial charge in [-0.15, -0.1) is 11.8 Å². The van der Waals surface area contributed by atoms with Crippen LogP contribution in [0.5, 0.6) is 0 Å². The molecule has 0 saturated carbocycles. The fourth-order valence-corrected chi connectivity index (χ4v) is 3.31. The van der Waals surface area contributed by atoms with Gasteiger partial charge in [0, 0.05) is 15.4 Å². The van der Waals surface area contributed by atoms with Crippen molar-refractivity contribution in [3.8, 4) is 0 Å². The number of hydrogen-bond donors (Lipinski definition) is 1. The highest BCUT2D eigenvalue weighted by atomic mass is 79.9. The van der Waals surface area contributed by atoms with E-state index in [0.29, 0.717) is 0 Å². The summed E-state index contributed by atoms with van der Waals surface area (Å²) in [6.45, 7) is 4.28. The van der Waals surface area contributed by atoms with E-state index < -0.39 is 0 Å². The molecule has 0 saturated heterocycles. The molecule has 1 unspecified atom stereocenters. The molecule has 0 aliphatic rings. The van der Waals surface area contributed by atoms with Gasteiger partial charge in [-0.25, -0.2) is 0 Å². The minimum Gasteiger partial charge on any atom is -0.328 e. The van der Waals surface area contributed by atoms with Crippen LogP contribution in [0.2, 0.25) is 0 Å². The van der Waals surface area contributed by atoms with E-state index in [2.05, 4.69) is 41.1 Å². The number of unbranched alkanes of at least 4 members (excludes halogenated alkanes) is 2. The van der Waals surface area contributed by atoms with E-state index in [1.54, 1.807) is 0 Å². The number of nitrogens with two attached hydrogens (primary N) is 1. The molecule has 1 aromatic carbocycles. The van der Waals surface area contributed by atoms with Crippen molar-refractivity contribution in [1.29, 1.82) is 0 Å². The van der Waals surface area contributed by atoms with Crippen LogP contribution >= 0.6 is 27.7 Å². The Labute approximate surface area is 118 Å². The summed E-state index contributed by atoms with van der Waals surface area (Å²) in [6.07, 6.45) is 4.86. The predicted molar refractivity (Wildman–Crippen MR) is 81.7 cm³/mol. The highest BCUT2D eigenvalue weighted by molar-refractivity contribution is 9.10. The molecule has 1 aromatic rings. The maximum atomic E-state index is 5.82. The Bertz CT molecular complexity index is 339. The topological polar surface area (TPSA) is 26.0 Å². The average Bonchev–Trinajstić information content (AvgIpc) is 2.27. The Morgan fingerprint density at radius 3 is 2.71 bits per heavy atom. The van der Waals surface area contributed by atoms with E-state index >= 15 is 0 Å². The molecule has 2 N–H and O–H groups in total. The average molecular weight is 316 g/mol. The van der Waals surface area contributed by atoms with Crippen LogP contribution in [0, 0.1) is 0 Å². The minimum absolute atomic E-state index is 0.217. The molecule has 0 radical (unpaired) electrons. The molecule has 0 aliphatic carbocycles. The van der Waals surface area contributed by atoms with E-state index in [-0.39, 0.29) is 6.04 Å². The van der Waals surface area contributed by atoms with Gasteiger partial charge in [-0.3, -0.25) is 0 Å². The summed E-state index contributed by atoms with van der Waals surface area (Å²) in [5.41, 5.74) is 7.12. The van der Waals surface area contributed by atoms with Crippen molar-refractivity contribution in [3.63, 3.8) is 0 Å². The highest BCUT2D eigenvalue weighted by Gasteiger charge is 2.04. The Morgan fingerprint density at radius 2 is 2.12 bits per heavy atom. The van der Waals surface area contributed by atoms with Crippen LogP contribution in [0.25, 0.3) is 0 Å². The molecule has 0 heterocycles. The summed E-state index contributed by atoms with van der Waals surface area (Å²) in [7, 11) is 0. The molecule has 0 aromatic heterocycles. The SMILES string of the molecule is CCCCCSc1ccc(CC(C)N)c(Br)c1. The molecule has 1 nitrogen and oxygen atoms in total. The molecule has 3 heteroatoms. The molecule has 0 bridgehead atoms. The molecule has 0 aliphatic heterocycles. The van der Waals surface area contributed by atoms with Crippen LogP contribution in [0.3, 0.4) is 0 Å². The monoisotopic (exact) mass is 315 g/mol. The Balaban J connectivity index is 2.50. The standard InChI is InChI=1S/C14H22BrNS/c1-3-4-5-8-17-13-7-6-12(9-11(2)16)14(15)10-13/h6-7,10-11H,3-5,8-9,16H2,1-2H3. The lowest BCUT2D eigenvalue weighted by molar-refractivity contribution is 0.735. The minimum atomic E-state index is 0.217. The van der Waals surface area contributed by atoms with Gasteiger partial charge in [0.1, 0.15) is 0 Å². The van der Waals surface area contributed by atoms with Gasteiger partial charge in [-0.2, -0.15) is 0 Å². The van der Waals surface area contributed by atoms with E-state index in [4.69, 9.17) is 5.73 Å². The van der Waals surface area contributed by atoms with Crippen molar-refractivity contribution < 1.29 is 0 Å². The third-order valence-corrected chi connectivity index (χ3v) is 4.40. The highest BCUT2D eigenvalue weighted by Crippen LogP contribution is 2.26. The molecular formula is C14H22BrNS. The van der Waals surface area contributed by atoms with Crippen LogP contribution in [-0.4, -0.2) is 11.8 Å². The molecule has 0 spiro atoms. The van der Waals surface area contributed by atoms with Gasteiger partial charge in [0.05, 0.1) is 0 Å². The smallest absolute Gasteiger partial charge is 0.0219 e. The van der Waals surface area contributed by atoms with Gasteiger partial charge in [-0.05, 0) is 43.2 Å². The fraction of sp³-hybridized carbons (Fsp3) is 0.571. The van der Waals surface area contributed by atoms with Gasteiger partial charge in [-0.1, -0.05) is 41.8 Å². The summed E-state index contributed by atoms with van der Waals surface area (Å²) < 4.78 is 1.19. The van der Waals surface area contributed by atoms with Crippen molar-refractivity contribution in [2.45, 2.75) is 50.5 Å². The first-order valence-electron chi connectivity index (χ1n) is 6.30. The van der Waals surface area contributed by atoms with Gasteiger partial charge in [0.2, 0.25) is 0 Å². The van der Waals surface area contributed by atoms with Crippen LogP contribution in [0.1, 0.15) is 38.7 Å². The molecule has 0 fully saturated rings. The fourth-order valence-electron chi connectivity index (χ4n) is 1.67. The van der Waals surface area contributed by atoms with E-state index in [0.717, 1.165) is 6.42 Å². The second-order valence-electron chi connectivity index (χ2n) is 4.49. The van der Waals surface area contributed by atoms with E-state index in [1.807, 2.05) is 18.7 Å². The largest absolute Gasteiger partial charge is 0.328 e. The second-order valence-corrected chi connectivity index (χ2v) is 6.51. The van der Waals surface area contributed by atoms with Crippen LogP contribution < -0.4 is 5.73 Å². The summed E-state index contributed by atoms with van der Waals surface area (Å²) in [5, 5.41) is 0. The van der Waals surface area contributed by atoms with Gasteiger partial charge >= 0.3 is 0 Å². The first kappa shape index (κ1) is 15.1. The lowest BCUT2D eigenvalue weighted by Crippen LogP contribution is -2.17. The maximum absolute atomic E-state index is 5.82. The number of benzene rings is 1. The van der Waals surface area contributed by atoms with Crippen molar-refractivity contribution in [2.75, 3.05) is 5.75 Å².